The molecule has 4 nitrogen and oxygen atoms in total. The molecule has 0 spiro atoms. The van der Waals surface area contributed by atoms with Crippen molar-refractivity contribution in [2.75, 3.05) is 14.2 Å². The van der Waals surface area contributed by atoms with E-state index in [9.17, 15) is 0 Å². The highest BCUT2D eigenvalue weighted by atomic mass is 16.5. The molecule has 2 aromatic rings. The largest absolute Gasteiger partial charge is 0.497 e. The lowest BCUT2D eigenvalue weighted by molar-refractivity contribution is 0.270. The summed E-state index contributed by atoms with van der Waals surface area (Å²) < 4.78 is 16.1. The van der Waals surface area contributed by atoms with Crippen LogP contribution in [0.5, 0.6) is 11.5 Å². The Hall–Kier alpha value is -1.94. The van der Waals surface area contributed by atoms with Crippen LogP contribution in [0.3, 0.4) is 0 Å². The Morgan fingerprint density at radius 1 is 1.17 bits per heavy atom. The maximum atomic E-state index is 5.61. The molecule has 0 radical (unpaired) electrons. The molecule has 2 rings (SSSR count). The average Bonchev–Trinajstić information content (AvgIpc) is 2.85. The molecule has 0 amide bonds. The van der Waals surface area contributed by atoms with Gasteiger partial charge in [-0.1, -0.05) is 0 Å². The summed E-state index contributed by atoms with van der Waals surface area (Å²) in [5.41, 5.74) is 1.12. The van der Waals surface area contributed by atoms with E-state index in [1.807, 2.05) is 37.4 Å². The summed E-state index contributed by atoms with van der Waals surface area (Å²) in [6.45, 7) is 1.22. The summed E-state index contributed by atoms with van der Waals surface area (Å²) in [4.78, 5) is 0. The zero-order chi connectivity index (χ0) is 12.8. The van der Waals surface area contributed by atoms with Gasteiger partial charge in [0, 0.05) is 12.1 Å². The van der Waals surface area contributed by atoms with Gasteiger partial charge in [-0.05, 0) is 37.4 Å². The third kappa shape index (κ3) is 3.28. The molecule has 1 aromatic carbocycles. The standard InChI is InChI=1S/C14H17NO3/c1-15-8-11-7-14(17-9-11)10-18-13-5-3-12(16-2)4-6-13/h3-7,9,15H,8,10H2,1-2H3. The van der Waals surface area contributed by atoms with Crippen LogP contribution in [0.15, 0.2) is 41.0 Å². The van der Waals surface area contributed by atoms with Gasteiger partial charge in [0.15, 0.2) is 0 Å². The smallest absolute Gasteiger partial charge is 0.146 e. The van der Waals surface area contributed by atoms with Crippen molar-refractivity contribution in [2.45, 2.75) is 13.2 Å². The van der Waals surface area contributed by atoms with Gasteiger partial charge in [0.05, 0.1) is 13.4 Å². The number of furan rings is 1. The van der Waals surface area contributed by atoms with Gasteiger partial charge in [0.1, 0.15) is 23.9 Å². The number of methoxy groups -OCH3 is 1. The van der Waals surface area contributed by atoms with Crippen molar-refractivity contribution in [3.8, 4) is 11.5 Å². The highest BCUT2D eigenvalue weighted by Gasteiger charge is 2.02. The van der Waals surface area contributed by atoms with Crippen molar-refractivity contribution in [3.05, 3.63) is 47.9 Å². The van der Waals surface area contributed by atoms with Gasteiger partial charge in [-0.25, -0.2) is 0 Å². The van der Waals surface area contributed by atoms with Gasteiger partial charge >= 0.3 is 0 Å². The molecule has 0 aliphatic heterocycles. The van der Waals surface area contributed by atoms with Crippen LogP contribution in [0.4, 0.5) is 0 Å². The fourth-order valence-electron chi connectivity index (χ4n) is 1.63. The highest BCUT2D eigenvalue weighted by molar-refractivity contribution is 5.31. The van der Waals surface area contributed by atoms with Crippen LogP contribution in [0.2, 0.25) is 0 Å². The third-order valence-electron chi connectivity index (χ3n) is 2.53. The molecule has 0 atom stereocenters. The Balaban J connectivity index is 1.89. The van der Waals surface area contributed by atoms with E-state index in [-0.39, 0.29) is 0 Å². The summed E-state index contributed by atoms with van der Waals surface area (Å²) in [5, 5.41) is 3.07. The summed E-state index contributed by atoms with van der Waals surface area (Å²) in [6, 6.07) is 9.46. The average molecular weight is 247 g/mol. The van der Waals surface area contributed by atoms with Crippen molar-refractivity contribution in [2.24, 2.45) is 0 Å². The van der Waals surface area contributed by atoms with Crippen molar-refractivity contribution in [1.29, 1.82) is 0 Å². The van der Waals surface area contributed by atoms with Crippen LogP contribution in [-0.2, 0) is 13.2 Å². The predicted octanol–water partition coefficient (Wildman–Crippen LogP) is 2.59. The van der Waals surface area contributed by atoms with Crippen molar-refractivity contribution >= 4 is 0 Å². The lowest BCUT2D eigenvalue weighted by Gasteiger charge is -2.05. The number of ether oxygens (including phenoxy) is 2. The molecular formula is C14H17NO3. The summed E-state index contributed by atoms with van der Waals surface area (Å²) in [6.07, 6.45) is 1.74. The SMILES string of the molecule is CNCc1coc(COc2ccc(OC)cc2)c1. The molecule has 0 bridgehead atoms. The second kappa shape index (κ2) is 6.12. The van der Waals surface area contributed by atoms with E-state index in [2.05, 4.69) is 5.32 Å². The number of hydrogen-bond acceptors (Lipinski definition) is 4. The fraction of sp³-hybridized carbons (Fsp3) is 0.286. The first-order valence-electron chi connectivity index (χ1n) is 5.79. The number of nitrogens with one attached hydrogen (secondary N) is 1. The lowest BCUT2D eigenvalue weighted by atomic mass is 10.3. The Morgan fingerprint density at radius 3 is 2.56 bits per heavy atom. The van der Waals surface area contributed by atoms with Gasteiger partial charge in [-0.2, -0.15) is 0 Å². The summed E-state index contributed by atoms with van der Waals surface area (Å²) >= 11 is 0. The van der Waals surface area contributed by atoms with Gasteiger partial charge in [0.25, 0.3) is 0 Å². The minimum atomic E-state index is 0.427. The first-order chi connectivity index (χ1) is 8.81. The van der Waals surface area contributed by atoms with Crippen molar-refractivity contribution in [1.82, 2.24) is 5.32 Å². The molecule has 0 fully saturated rings. The molecule has 96 valence electrons. The molecule has 1 aromatic heterocycles. The summed E-state index contributed by atoms with van der Waals surface area (Å²) in [7, 11) is 3.54. The number of hydrogen-bond donors (Lipinski definition) is 1. The predicted molar refractivity (Wildman–Crippen MR) is 68.8 cm³/mol. The van der Waals surface area contributed by atoms with Crippen LogP contribution in [0, 0.1) is 0 Å². The lowest BCUT2D eigenvalue weighted by Crippen LogP contribution is -2.03. The van der Waals surface area contributed by atoms with E-state index >= 15 is 0 Å². The van der Waals surface area contributed by atoms with Gasteiger partial charge < -0.3 is 19.2 Å². The molecule has 4 heteroatoms. The Bertz CT molecular complexity index is 476. The minimum Gasteiger partial charge on any atom is -0.497 e. The Morgan fingerprint density at radius 2 is 1.89 bits per heavy atom. The maximum absolute atomic E-state index is 5.61. The highest BCUT2D eigenvalue weighted by Crippen LogP contribution is 2.18. The molecule has 0 unspecified atom stereocenters. The first-order valence-corrected chi connectivity index (χ1v) is 5.79. The molecule has 0 saturated heterocycles. The number of rotatable bonds is 6. The van der Waals surface area contributed by atoms with Crippen LogP contribution < -0.4 is 14.8 Å². The quantitative estimate of drug-likeness (QED) is 0.852. The van der Waals surface area contributed by atoms with Crippen LogP contribution in [-0.4, -0.2) is 14.2 Å². The summed E-state index contributed by atoms with van der Waals surface area (Å²) in [5.74, 6) is 2.43. The van der Waals surface area contributed by atoms with E-state index in [0.717, 1.165) is 29.4 Å². The van der Waals surface area contributed by atoms with E-state index < -0.39 is 0 Å². The molecule has 18 heavy (non-hydrogen) atoms. The van der Waals surface area contributed by atoms with Crippen LogP contribution >= 0.6 is 0 Å². The monoisotopic (exact) mass is 247 g/mol. The van der Waals surface area contributed by atoms with Crippen molar-refractivity contribution < 1.29 is 13.9 Å². The molecule has 0 saturated carbocycles. The molecule has 1 N–H and O–H groups in total. The Kier molecular flexibility index (Phi) is 4.25. The molecular weight excluding hydrogens is 230 g/mol. The van der Waals surface area contributed by atoms with Crippen LogP contribution in [0.25, 0.3) is 0 Å². The second-order valence-electron chi connectivity index (χ2n) is 3.92. The van der Waals surface area contributed by atoms with E-state index in [1.165, 1.54) is 0 Å². The third-order valence-corrected chi connectivity index (χ3v) is 2.53. The molecule has 1 heterocycles. The van der Waals surface area contributed by atoms with Gasteiger partial charge in [-0.15, -0.1) is 0 Å². The zero-order valence-electron chi connectivity index (χ0n) is 10.6. The first kappa shape index (κ1) is 12.5. The molecule has 0 aliphatic rings. The van der Waals surface area contributed by atoms with Gasteiger partial charge in [0.2, 0.25) is 0 Å². The number of benzene rings is 1. The van der Waals surface area contributed by atoms with Crippen molar-refractivity contribution in [3.63, 3.8) is 0 Å². The van der Waals surface area contributed by atoms with E-state index in [0.29, 0.717) is 6.61 Å². The second-order valence-corrected chi connectivity index (χ2v) is 3.92. The van der Waals surface area contributed by atoms with Crippen LogP contribution in [0.1, 0.15) is 11.3 Å². The fourth-order valence-corrected chi connectivity index (χ4v) is 1.63. The topological polar surface area (TPSA) is 43.6 Å². The minimum absolute atomic E-state index is 0.427. The Labute approximate surface area is 107 Å². The van der Waals surface area contributed by atoms with E-state index in [1.54, 1.807) is 13.4 Å². The van der Waals surface area contributed by atoms with E-state index in [4.69, 9.17) is 13.9 Å². The maximum Gasteiger partial charge on any atom is 0.146 e. The zero-order valence-corrected chi connectivity index (χ0v) is 10.6. The molecule has 0 aliphatic carbocycles. The van der Waals surface area contributed by atoms with Gasteiger partial charge in [-0.3, -0.25) is 0 Å². The normalized spacial score (nSPS) is 10.3.